The Morgan fingerprint density at radius 3 is 2.00 bits per heavy atom. The molecule has 0 heterocycles. The Balaban J connectivity index is 1.63. The third-order valence-corrected chi connectivity index (χ3v) is 5.48. The summed E-state index contributed by atoms with van der Waals surface area (Å²) in [4.78, 5) is 0. The van der Waals surface area contributed by atoms with Crippen molar-refractivity contribution in [2.24, 2.45) is 23.7 Å². The topological polar surface area (TPSA) is 49.7 Å². The summed E-state index contributed by atoms with van der Waals surface area (Å²) in [5, 5.41) is 19.6. The van der Waals surface area contributed by atoms with Crippen molar-refractivity contribution in [3.8, 4) is 0 Å². The predicted molar refractivity (Wildman–Crippen MR) is 80.2 cm³/mol. The van der Waals surface area contributed by atoms with Crippen LogP contribution in [0, 0.1) is 23.7 Å². The third kappa shape index (κ3) is 4.71. The summed E-state index contributed by atoms with van der Waals surface area (Å²) >= 11 is 0. The van der Waals surface area contributed by atoms with Crippen molar-refractivity contribution in [1.29, 1.82) is 0 Å². The minimum Gasteiger partial charge on any atom is -0.393 e. The van der Waals surface area contributed by atoms with Gasteiger partial charge in [-0.05, 0) is 69.1 Å². The molecule has 0 aromatic heterocycles. The molecule has 0 saturated heterocycles. The lowest BCUT2D eigenvalue weighted by Gasteiger charge is -2.33. The highest BCUT2D eigenvalue weighted by Gasteiger charge is 2.28. The van der Waals surface area contributed by atoms with Gasteiger partial charge < -0.3 is 14.9 Å². The summed E-state index contributed by atoms with van der Waals surface area (Å²) in [7, 11) is 0. The quantitative estimate of drug-likeness (QED) is 0.761. The first-order valence-electron chi connectivity index (χ1n) is 8.54. The lowest BCUT2D eigenvalue weighted by Crippen LogP contribution is -2.31. The second kappa shape index (κ2) is 7.77. The Bertz CT molecular complexity index is 263. The first-order valence-corrected chi connectivity index (χ1v) is 8.54. The zero-order valence-corrected chi connectivity index (χ0v) is 13.1. The van der Waals surface area contributed by atoms with Crippen LogP contribution in [-0.2, 0) is 4.74 Å². The molecule has 0 bridgehead atoms. The third-order valence-electron chi connectivity index (χ3n) is 5.48. The second-order valence-corrected chi connectivity index (χ2v) is 7.32. The van der Waals surface area contributed by atoms with Crippen molar-refractivity contribution in [2.75, 3.05) is 6.61 Å². The molecule has 1 atom stereocenters. The average molecular weight is 284 g/mol. The summed E-state index contributed by atoms with van der Waals surface area (Å²) in [6.07, 6.45) is 7.75. The van der Waals surface area contributed by atoms with Crippen LogP contribution >= 0.6 is 0 Å². The Labute approximate surface area is 123 Å². The number of hydrogen-bond acceptors (Lipinski definition) is 3. The van der Waals surface area contributed by atoms with Crippen LogP contribution in [0.1, 0.15) is 65.2 Å². The zero-order valence-electron chi connectivity index (χ0n) is 13.1. The lowest BCUT2D eigenvalue weighted by atomic mass is 9.77. The zero-order chi connectivity index (χ0) is 14.5. The van der Waals surface area contributed by atoms with Gasteiger partial charge >= 0.3 is 0 Å². The van der Waals surface area contributed by atoms with Gasteiger partial charge in [0, 0.05) is 5.92 Å². The van der Waals surface area contributed by atoms with Gasteiger partial charge in [0.25, 0.3) is 0 Å². The molecule has 3 heteroatoms. The van der Waals surface area contributed by atoms with Crippen LogP contribution in [0.4, 0.5) is 0 Å². The van der Waals surface area contributed by atoms with Crippen LogP contribution in [0.2, 0.25) is 0 Å². The first-order chi connectivity index (χ1) is 9.56. The largest absolute Gasteiger partial charge is 0.393 e. The van der Waals surface area contributed by atoms with Crippen LogP contribution in [0.3, 0.4) is 0 Å². The predicted octanol–water partition coefficient (Wildman–Crippen LogP) is 3.33. The molecule has 3 nitrogen and oxygen atoms in total. The fourth-order valence-electron chi connectivity index (χ4n) is 3.78. The summed E-state index contributed by atoms with van der Waals surface area (Å²) in [5.74, 6) is 2.55. The molecule has 1 unspecified atom stereocenters. The van der Waals surface area contributed by atoms with Crippen LogP contribution in [0.5, 0.6) is 0 Å². The molecule has 2 fully saturated rings. The highest BCUT2D eigenvalue weighted by molar-refractivity contribution is 4.76. The molecule has 2 saturated carbocycles. The summed E-state index contributed by atoms with van der Waals surface area (Å²) < 4.78 is 5.73. The van der Waals surface area contributed by atoms with Crippen molar-refractivity contribution < 1.29 is 14.9 Å². The van der Waals surface area contributed by atoms with E-state index in [4.69, 9.17) is 4.74 Å². The maximum Gasteiger partial charge on any atom is 0.157 e. The van der Waals surface area contributed by atoms with E-state index in [9.17, 15) is 10.2 Å². The van der Waals surface area contributed by atoms with Crippen LogP contribution < -0.4 is 0 Å². The van der Waals surface area contributed by atoms with Crippen molar-refractivity contribution >= 4 is 0 Å². The maximum atomic E-state index is 10.1. The summed E-state index contributed by atoms with van der Waals surface area (Å²) in [6, 6.07) is 0. The highest BCUT2D eigenvalue weighted by atomic mass is 16.6. The monoisotopic (exact) mass is 284 g/mol. The molecule has 2 N–H and O–H groups in total. The number of aliphatic hydroxyl groups excluding tert-OH is 2. The number of hydrogen-bond donors (Lipinski definition) is 2. The van der Waals surface area contributed by atoms with Crippen LogP contribution in [-0.4, -0.2) is 29.2 Å². The minimum atomic E-state index is -0.620. The average Bonchev–Trinajstić information content (AvgIpc) is 2.46. The smallest absolute Gasteiger partial charge is 0.157 e. The van der Waals surface area contributed by atoms with Gasteiger partial charge in [0.2, 0.25) is 0 Å². The molecule has 0 spiro atoms. The minimum absolute atomic E-state index is 0.162. The Morgan fingerprint density at radius 1 is 0.900 bits per heavy atom. The van der Waals surface area contributed by atoms with E-state index in [1.807, 2.05) is 0 Å². The highest BCUT2D eigenvalue weighted by Crippen LogP contribution is 2.34. The first kappa shape index (κ1) is 16.3. The van der Waals surface area contributed by atoms with Crippen LogP contribution in [0.15, 0.2) is 0 Å². The van der Waals surface area contributed by atoms with E-state index < -0.39 is 6.29 Å². The molecule has 0 aromatic rings. The molecule has 0 amide bonds. The fraction of sp³-hybridized carbons (Fsp3) is 1.00. The normalized spacial score (nSPS) is 37.0. The molecule has 2 aliphatic carbocycles. The van der Waals surface area contributed by atoms with Gasteiger partial charge in [0.1, 0.15) is 0 Å². The Morgan fingerprint density at radius 2 is 1.45 bits per heavy atom. The van der Waals surface area contributed by atoms with E-state index in [-0.39, 0.29) is 12.0 Å². The molecule has 20 heavy (non-hydrogen) atoms. The van der Waals surface area contributed by atoms with E-state index in [0.29, 0.717) is 12.5 Å². The standard InChI is InChI=1S/C17H32O3/c1-12(2)14-5-3-13(4-6-14)11-20-17(19)15-7-9-16(18)10-8-15/h12-19H,3-11H2,1-2H3. The van der Waals surface area contributed by atoms with E-state index in [0.717, 1.165) is 37.5 Å². The van der Waals surface area contributed by atoms with Gasteiger partial charge in [-0.2, -0.15) is 0 Å². The van der Waals surface area contributed by atoms with Gasteiger partial charge in [0.15, 0.2) is 6.29 Å². The maximum absolute atomic E-state index is 10.1. The van der Waals surface area contributed by atoms with Crippen molar-refractivity contribution in [1.82, 2.24) is 0 Å². The van der Waals surface area contributed by atoms with E-state index in [1.54, 1.807) is 0 Å². The summed E-state index contributed by atoms with van der Waals surface area (Å²) in [5.41, 5.74) is 0. The molecule has 2 rings (SSSR count). The lowest BCUT2D eigenvalue weighted by molar-refractivity contribution is -0.155. The van der Waals surface area contributed by atoms with E-state index >= 15 is 0 Å². The van der Waals surface area contributed by atoms with Crippen LogP contribution in [0.25, 0.3) is 0 Å². The molecular formula is C17H32O3. The molecule has 0 radical (unpaired) electrons. The number of aliphatic hydroxyl groups is 2. The van der Waals surface area contributed by atoms with Gasteiger partial charge in [0.05, 0.1) is 12.7 Å². The van der Waals surface area contributed by atoms with E-state index in [1.165, 1.54) is 25.7 Å². The van der Waals surface area contributed by atoms with E-state index in [2.05, 4.69) is 13.8 Å². The SMILES string of the molecule is CC(C)C1CCC(COC(O)C2CCC(O)CC2)CC1. The Hall–Kier alpha value is -0.120. The van der Waals surface area contributed by atoms with Crippen molar-refractivity contribution in [3.63, 3.8) is 0 Å². The Kier molecular flexibility index (Phi) is 6.31. The fourth-order valence-corrected chi connectivity index (χ4v) is 3.78. The van der Waals surface area contributed by atoms with Gasteiger partial charge in [-0.25, -0.2) is 0 Å². The molecule has 0 aromatic carbocycles. The van der Waals surface area contributed by atoms with Gasteiger partial charge in [-0.3, -0.25) is 0 Å². The van der Waals surface area contributed by atoms with Gasteiger partial charge in [-0.1, -0.05) is 13.8 Å². The molecule has 118 valence electrons. The number of rotatable bonds is 5. The molecular weight excluding hydrogens is 252 g/mol. The molecule has 2 aliphatic rings. The van der Waals surface area contributed by atoms with Crippen molar-refractivity contribution in [3.05, 3.63) is 0 Å². The molecule has 0 aliphatic heterocycles. The van der Waals surface area contributed by atoms with Crippen molar-refractivity contribution in [2.45, 2.75) is 77.6 Å². The second-order valence-electron chi connectivity index (χ2n) is 7.32. The number of ether oxygens (including phenoxy) is 1. The van der Waals surface area contributed by atoms with Gasteiger partial charge in [-0.15, -0.1) is 0 Å². The summed E-state index contributed by atoms with van der Waals surface area (Å²) in [6.45, 7) is 5.36.